The molecule has 0 aliphatic carbocycles. The maximum absolute atomic E-state index is 12.5. The van der Waals surface area contributed by atoms with Gasteiger partial charge in [-0.1, -0.05) is 11.6 Å². The zero-order valence-corrected chi connectivity index (χ0v) is 12.0. The molecule has 1 aromatic rings. The lowest BCUT2D eigenvalue weighted by Gasteiger charge is -2.23. The zero-order chi connectivity index (χ0) is 14.7. The van der Waals surface area contributed by atoms with Crippen molar-refractivity contribution in [2.75, 3.05) is 18.9 Å². The van der Waals surface area contributed by atoms with Crippen LogP contribution in [0.25, 0.3) is 0 Å². The first kappa shape index (κ1) is 14.7. The second-order valence-electron chi connectivity index (χ2n) is 4.68. The number of hydrogen-bond donors (Lipinski definition) is 1. The maximum atomic E-state index is 12.5. The molecule has 0 aromatic heterocycles. The van der Waals surface area contributed by atoms with Gasteiger partial charge in [-0.05, 0) is 38.0 Å². The van der Waals surface area contributed by atoms with Crippen molar-refractivity contribution < 1.29 is 14.3 Å². The molecule has 1 aromatic carbocycles. The summed E-state index contributed by atoms with van der Waals surface area (Å²) in [7, 11) is 0. The quantitative estimate of drug-likeness (QED) is 0.685. The van der Waals surface area contributed by atoms with E-state index in [1.165, 1.54) is 4.90 Å². The summed E-state index contributed by atoms with van der Waals surface area (Å²) in [6, 6.07) is 4.18. The smallest absolute Gasteiger partial charge is 0.328 e. The van der Waals surface area contributed by atoms with E-state index in [9.17, 15) is 9.59 Å². The summed E-state index contributed by atoms with van der Waals surface area (Å²) in [4.78, 5) is 25.9. The Hall–Kier alpha value is -1.75. The van der Waals surface area contributed by atoms with Crippen molar-refractivity contribution in [3.8, 4) is 0 Å². The van der Waals surface area contributed by atoms with Crippen molar-refractivity contribution >= 4 is 29.2 Å². The molecule has 0 saturated carbocycles. The Balaban J connectivity index is 2.21. The van der Waals surface area contributed by atoms with E-state index >= 15 is 0 Å². The van der Waals surface area contributed by atoms with Gasteiger partial charge in [-0.25, -0.2) is 4.79 Å². The normalized spacial score (nSPS) is 18.1. The Morgan fingerprint density at radius 3 is 2.85 bits per heavy atom. The summed E-state index contributed by atoms with van der Waals surface area (Å²) in [6.07, 6.45) is 1.41. The van der Waals surface area contributed by atoms with Gasteiger partial charge in [0.15, 0.2) is 0 Å². The average Bonchev–Trinajstić information content (AvgIpc) is 2.86. The summed E-state index contributed by atoms with van der Waals surface area (Å²) in [5.41, 5.74) is 6.51. The number of ether oxygens (including phenoxy) is 1. The summed E-state index contributed by atoms with van der Waals surface area (Å²) in [6.45, 7) is 2.59. The summed E-state index contributed by atoms with van der Waals surface area (Å²) in [5.74, 6) is -0.594. The van der Waals surface area contributed by atoms with Gasteiger partial charge in [0.25, 0.3) is 5.91 Å². The van der Waals surface area contributed by atoms with Crippen molar-refractivity contribution in [3.05, 3.63) is 28.8 Å². The lowest BCUT2D eigenvalue weighted by atomic mass is 10.1. The number of esters is 1. The van der Waals surface area contributed by atoms with E-state index in [0.717, 1.165) is 6.42 Å². The number of hydrogen-bond acceptors (Lipinski definition) is 4. The highest BCUT2D eigenvalue weighted by molar-refractivity contribution is 6.31. The summed E-state index contributed by atoms with van der Waals surface area (Å²) in [5, 5.41) is 0.403. The maximum Gasteiger partial charge on any atom is 0.328 e. The van der Waals surface area contributed by atoms with Crippen molar-refractivity contribution in [1.29, 1.82) is 0 Å². The molecule has 1 aliphatic heterocycles. The molecule has 6 heteroatoms. The highest BCUT2D eigenvalue weighted by atomic mass is 35.5. The van der Waals surface area contributed by atoms with Crippen LogP contribution in [0, 0.1) is 0 Å². The third kappa shape index (κ3) is 3.04. The van der Waals surface area contributed by atoms with E-state index < -0.39 is 6.04 Å². The number of likely N-dealkylation sites (tertiary alicyclic amines) is 1. The second kappa shape index (κ2) is 6.13. The van der Waals surface area contributed by atoms with Crippen molar-refractivity contribution in [2.24, 2.45) is 0 Å². The SMILES string of the molecule is CCOC(=O)C1CCCN1C(=O)c1cc(N)cc(Cl)c1. The molecule has 108 valence electrons. The predicted molar refractivity (Wildman–Crippen MR) is 76.6 cm³/mol. The zero-order valence-electron chi connectivity index (χ0n) is 11.3. The predicted octanol–water partition coefficient (Wildman–Crippen LogP) is 2.09. The number of benzene rings is 1. The highest BCUT2D eigenvalue weighted by Gasteiger charge is 2.35. The molecule has 0 bridgehead atoms. The van der Waals surface area contributed by atoms with Gasteiger partial charge in [0.05, 0.1) is 6.61 Å². The Morgan fingerprint density at radius 1 is 1.45 bits per heavy atom. The van der Waals surface area contributed by atoms with E-state index in [0.29, 0.717) is 35.8 Å². The van der Waals surface area contributed by atoms with Gasteiger partial charge in [-0.15, -0.1) is 0 Å². The van der Waals surface area contributed by atoms with Gasteiger partial charge in [0.1, 0.15) is 6.04 Å². The van der Waals surface area contributed by atoms with Crippen LogP contribution in [0.3, 0.4) is 0 Å². The molecular formula is C14H17ClN2O3. The topological polar surface area (TPSA) is 72.6 Å². The van der Waals surface area contributed by atoms with E-state index in [1.54, 1.807) is 25.1 Å². The third-order valence-corrected chi connectivity index (χ3v) is 3.46. The van der Waals surface area contributed by atoms with Gasteiger partial charge in [0, 0.05) is 22.8 Å². The summed E-state index contributed by atoms with van der Waals surface area (Å²) >= 11 is 5.91. The first-order valence-electron chi connectivity index (χ1n) is 6.56. The van der Waals surface area contributed by atoms with E-state index in [2.05, 4.69) is 0 Å². The largest absolute Gasteiger partial charge is 0.464 e. The number of amides is 1. The van der Waals surface area contributed by atoms with Gasteiger partial charge < -0.3 is 15.4 Å². The molecule has 1 amide bonds. The van der Waals surface area contributed by atoms with Gasteiger partial charge in [-0.3, -0.25) is 4.79 Å². The number of carbonyl (C=O) groups is 2. The highest BCUT2D eigenvalue weighted by Crippen LogP contribution is 2.24. The minimum atomic E-state index is -0.511. The number of rotatable bonds is 3. The Kier molecular flexibility index (Phi) is 4.49. The van der Waals surface area contributed by atoms with Crippen LogP contribution in [0.15, 0.2) is 18.2 Å². The van der Waals surface area contributed by atoms with Crippen LogP contribution in [0.2, 0.25) is 5.02 Å². The molecule has 2 N–H and O–H groups in total. The fourth-order valence-electron chi connectivity index (χ4n) is 2.39. The van der Waals surface area contributed by atoms with E-state index in [4.69, 9.17) is 22.1 Å². The van der Waals surface area contributed by atoms with Crippen LogP contribution in [0.5, 0.6) is 0 Å². The Bertz CT molecular complexity index is 513. The molecule has 1 atom stereocenters. The summed E-state index contributed by atoms with van der Waals surface area (Å²) < 4.78 is 5.01. The first-order chi connectivity index (χ1) is 9.52. The molecule has 1 aliphatic rings. The molecule has 1 fully saturated rings. The van der Waals surface area contributed by atoms with Crippen molar-refractivity contribution in [1.82, 2.24) is 4.90 Å². The van der Waals surface area contributed by atoms with Crippen molar-refractivity contribution in [2.45, 2.75) is 25.8 Å². The minimum absolute atomic E-state index is 0.241. The monoisotopic (exact) mass is 296 g/mol. The van der Waals surface area contributed by atoms with E-state index in [-0.39, 0.29) is 11.9 Å². The second-order valence-corrected chi connectivity index (χ2v) is 5.12. The lowest BCUT2D eigenvalue weighted by Crippen LogP contribution is -2.41. The number of halogens is 1. The first-order valence-corrected chi connectivity index (χ1v) is 6.94. The Labute approximate surface area is 122 Å². The van der Waals surface area contributed by atoms with Gasteiger partial charge in [-0.2, -0.15) is 0 Å². The fraction of sp³-hybridized carbons (Fsp3) is 0.429. The average molecular weight is 297 g/mol. The molecule has 2 rings (SSSR count). The molecule has 20 heavy (non-hydrogen) atoms. The van der Waals surface area contributed by atoms with Crippen LogP contribution >= 0.6 is 11.6 Å². The van der Waals surface area contributed by atoms with Gasteiger partial charge in [0.2, 0.25) is 0 Å². The third-order valence-electron chi connectivity index (χ3n) is 3.24. The Morgan fingerprint density at radius 2 is 2.20 bits per heavy atom. The molecule has 1 heterocycles. The fourth-order valence-corrected chi connectivity index (χ4v) is 2.64. The molecule has 1 saturated heterocycles. The standard InChI is InChI=1S/C14H17ClN2O3/c1-2-20-14(19)12-4-3-5-17(12)13(18)9-6-10(15)8-11(16)7-9/h6-8,12H,2-5,16H2,1H3. The van der Waals surface area contributed by atoms with Crippen LogP contribution in [0.1, 0.15) is 30.1 Å². The molecule has 0 spiro atoms. The van der Waals surface area contributed by atoms with Crippen LogP contribution < -0.4 is 5.73 Å². The number of carbonyl (C=O) groups excluding carboxylic acids is 2. The van der Waals surface area contributed by atoms with Crippen LogP contribution in [-0.4, -0.2) is 36.0 Å². The molecule has 1 unspecified atom stereocenters. The van der Waals surface area contributed by atoms with Crippen LogP contribution in [-0.2, 0) is 9.53 Å². The van der Waals surface area contributed by atoms with E-state index in [1.807, 2.05) is 0 Å². The van der Waals surface area contributed by atoms with Gasteiger partial charge >= 0.3 is 5.97 Å². The number of nitrogens with two attached hydrogens (primary N) is 1. The molecular weight excluding hydrogens is 280 g/mol. The number of anilines is 1. The minimum Gasteiger partial charge on any atom is -0.464 e. The molecule has 5 nitrogen and oxygen atoms in total. The van der Waals surface area contributed by atoms with Crippen molar-refractivity contribution in [3.63, 3.8) is 0 Å². The lowest BCUT2D eigenvalue weighted by molar-refractivity contribution is -0.147. The van der Waals surface area contributed by atoms with Crippen LogP contribution in [0.4, 0.5) is 5.69 Å². The number of nitrogens with zero attached hydrogens (tertiary/aromatic N) is 1. The number of nitrogen functional groups attached to an aromatic ring is 1. The molecule has 0 radical (unpaired) electrons.